The van der Waals surface area contributed by atoms with Crippen molar-refractivity contribution in [3.05, 3.63) is 78.4 Å². The van der Waals surface area contributed by atoms with Crippen molar-refractivity contribution >= 4 is 21.6 Å². The van der Waals surface area contributed by atoms with E-state index in [1.807, 2.05) is 0 Å². The van der Waals surface area contributed by atoms with E-state index in [0.717, 1.165) is 15.9 Å². The van der Waals surface area contributed by atoms with Crippen molar-refractivity contribution < 1.29 is 27.1 Å². The number of rotatable bonds is 7. The molecule has 0 spiro atoms. The molecule has 4 rings (SSSR count). The average molecular weight is 457 g/mol. The van der Waals surface area contributed by atoms with Crippen molar-refractivity contribution in [1.82, 2.24) is 10.3 Å². The minimum Gasteiger partial charge on any atom is -0.486 e. The number of carbonyl (C=O) groups is 1. The summed E-state index contributed by atoms with van der Waals surface area (Å²) in [6.07, 6.45) is 3.20. The number of amides is 1. The highest BCUT2D eigenvalue weighted by molar-refractivity contribution is 7.92. The molecule has 10 heteroatoms. The van der Waals surface area contributed by atoms with Crippen LogP contribution in [0.4, 0.5) is 10.1 Å². The summed E-state index contributed by atoms with van der Waals surface area (Å²) >= 11 is 0. The predicted molar refractivity (Wildman–Crippen MR) is 114 cm³/mol. The van der Waals surface area contributed by atoms with Gasteiger partial charge in [0.2, 0.25) is 5.91 Å². The van der Waals surface area contributed by atoms with Crippen LogP contribution in [0.15, 0.2) is 71.9 Å². The highest BCUT2D eigenvalue weighted by Gasteiger charge is 2.29. The van der Waals surface area contributed by atoms with E-state index in [1.54, 1.807) is 24.5 Å². The molecular formula is C22H20FN3O5S. The maximum Gasteiger partial charge on any atom is 0.264 e. The summed E-state index contributed by atoms with van der Waals surface area (Å²) in [5, 5.41) is 2.66. The van der Waals surface area contributed by atoms with Crippen molar-refractivity contribution in [2.45, 2.75) is 11.4 Å². The molecule has 3 aromatic rings. The zero-order valence-electron chi connectivity index (χ0n) is 16.9. The van der Waals surface area contributed by atoms with Gasteiger partial charge in [0.25, 0.3) is 10.0 Å². The molecule has 32 heavy (non-hydrogen) atoms. The van der Waals surface area contributed by atoms with Gasteiger partial charge in [-0.3, -0.25) is 14.1 Å². The fourth-order valence-electron chi connectivity index (χ4n) is 3.15. The molecule has 0 fully saturated rings. The Morgan fingerprint density at radius 2 is 1.88 bits per heavy atom. The second-order valence-corrected chi connectivity index (χ2v) is 8.80. The molecule has 8 nitrogen and oxygen atoms in total. The fraction of sp³-hybridized carbons (Fsp3) is 0.182. The van der Waals surface area contributed by atoms with Crippen LogP contribution in [0.5, 0.6) is 11.5 Å². The minimum absolute atomic E-state index is 0.0245. The van der Waals surface area contributed by atoms with Gasteiger partial charge >= 0.3 is 0 Å². The van der Waals surface area contributed by atoms with Crippen molar-refractivity contribution in [2.75, 3.05) is 24.1 Å². The molecule has 166 valence electrons. The number of ether oxygens (including phenoxy) is 2. The summed E-state index contributed by atoms with van der Waals surface area (Å²) in [6.45, 7) is 0.292. The average Bonchev–Trinajstić information content (AvgIpc) is 2.81. The van der Waals surface area contributed by atoms with E-state index in [4.69, 9.17) is 9.47 Å². The second-order valence-electron chi connectivity index (χ2n) is 6.94. The molecule has 0 aliphatic carbocycles. The number of nitrogens with one attached hydrogen (secondary N) is 1. The quantitative estimate of drug-likeness (QED) is 0.586. The molecule has 0 atom stereocenters. The Kier molecular flexibility index (Phi) is 6.22. The van der Waals surface area contributed by atoms with Gasteiger partial charge in [-0.05, 0) is 42.0 Å². The Balaban J connectivity index is 1.62. The Bertz CT molecular complexity index is 1220. The van der Waals surface area contributed by atoms with Gasteiger partial charge in [0, 0.05) is 25.0 Å². The maximum atomic E-state index is 13.9. The van der Waals surface area contributed by atoms with Crippen molar-refractivity contribution in [1.29, 1.82) is 0 Å². The number of benzene rings is 2. The first-order valence-electron chi connectivity index (χ1n) is 9.77. The fourth-order valence-corrected chi connectivity index (χ4v) is 4.58. The van der Waals surface area contributed by atoms with Crippen molar-refractivity contribution in [2.24, 2.45) is 0 Å². The number of pyridine rings is 1. The molecule has 0 radical (unpaired) electrons. The smallest absolute Gasteiger partial charge is 0.264 e. The zero-order valence-corrected chi connectivity index (χ0v) is 17.7. The van der Waals surface area contributed by atoms with Gasteiger partial charge in [-0.2, -0.15) is 0 Å². The van der Waals surface area contributed by atoms with Crippen LogP contribution in [0.3, 0.4) is 0 Å². The molecule has 2 heterocycles. The Morgan fingerprint density at radius 3 is 2.62 bits per heavy atom. The first-order valence-corrected chi connectivity index (χ1v) is 11.2. The van der Waals surface area contributed by atoms with Gasteiger partial charge in [0.15, 0.2) is 11.5 Å². The first-order chi connectivity index (χ1) is 15.4. The van der Waals surface area contributed by atoms with Gasteiger partial charge in [0.05, 0.1) is 10.6 Å². The third kappa shape index (κ3) is 4.80. The van der Waals surface area contributed by atoms with Gasteiger partial charge in [-0.15, -0.1) is 0 Å². The van der Waals surface area contributed by atoms with Crippen LogP contribution in [0, 0.1) is 5.82 Å². The number of hydrogen-bond donors (Lipinski definition) is 1. The van der Waals surface area contributed by atoms with Crippen molar-refractivity contribution in [3.8, 4) is 11.5 Å². The normalized spacial score (nSPS) is 12.8. The van der Waals surface area contributed by atoms with Crippen LogP contribution in [0.2, 0.25) is 0 Å². The number of nitrogens with zero attached hydrogens (tertiary/aromatic N) is 2. The van der Waals surface area contributed by atoms with Crippen LogP contribution in [-0.4, -0.2) is 39.1 Å². The molecule has 2 aromatic carbocycles. The van der Waals surface area contributed by atoms with E-state index < -0.39 is 28.3 Å². The minimum atomic E-state index is -4.22. The molecule has 0 saturated heterocycles. The summed E-state index contributed by atoms with van der Waals surface area (Å²) in [4.78, 5) is 16.5. The van der Waals surface area contributed by atoms with Crippen molar-refractivity contribution in [3.63, 3.8) is 0 Å². The SMILES string of the molecule is O=C(CN(c1cccc(F)c1)S(=O)(=O)c1ccc2c(c1)OCCO2)NCc1cccnc1. The predicted octanol–water partition coefficient (Wildman–Crippen LogP) is 2.50. The summed E-state index contributed by atoms with van der Waals surface area (Å²) in [6, 6.07) is 12.8. The Labute approximate surface area is 184 Å². The van der Waals surface area contributed by atoms with Gasteiger partial charge in [0.1, 0.15) is 25.6 Å². The van der Waals surface area contributed by atoms with E-state index in [9.17, 15) is 17.6 Å². The number of aromatic nitrogens is 1. The Morgan fingerprint density at radius 1 is 1.06 bits per heavy atom. The molecule has 0 saturated carbocycles. The topological polar surface area (TPSA) is 97.8 Å². The lowest BCUT2D eigenvalue weighted by Gasteiger charge is -2.25. The number of anilines is 1. The summed E-state index contributed by atoms with van der Waals surface area (Å²) in [7, 11) is -4.22. The first kappa shape index (κ1) is 21.6. The number of carbonyl (C=O) groups excluding carboxylic acids is 1. The lowest BCUT2D eigenvalue weighted by molar-refractivity contribution is -0.119. The number of hydrogen-bond acceptors (Lipinski definition) is 6. The van der Waals surface area contributed by atoms with E-state index in [2.05, 4.69) is 10.3 Å². The summed E-state index contributed by atoms with van der Waals surface area (Å²) < 4.78 is 52.6. The third-order valence-corrected chi connectivity index (χ3v) is 6.47. The second kappa shape index (κ2) is 9.23. The van der Waals surface area contributed by atoms with Gasteiger partial charge in [-0.25, -0.2) is 12.8 Å². The molecule has 1 N–H and O–H groups in total. The molecule has 0 bridgehead atoms. The lowest BCUT2D eigenvalue weighted by Crippen LogP contribution is -2.40. The molecular weight excluding hydrogens is 437 g/mol. The molecule has 1 aliphatic rings. The number of fused-ring (bicyclic) bond motifs is 1. The van der Waals surface area contributed by atoms with Crippen LogP contribution < -0.4 is 19.1 Å². The molecule has 1 aromatic heterocycles. The lowest BCUT2D eigenvalue weighted by atomic mass is 10.3. The van der Waals surface area contributed by atoms with Crippen LogP contribution in [0.25, 0.3) is 0 Å². The largest absolute Gasteiger partial charge is 0.486 e. The van der Waals surface area contributed by atoms with Crippen LogP contribution in [0.1, 0.15) is 5.56 Å². The van der Waals surface area contributed by atoms with Gasteiger partial charge < -0.3 is 14.8 Å². The molecule has 1 amide bonds. The van der Waals surface area contributed by atoms with Crippen LogP contribution in [-0.2, 0) is 21.4 Å². The highest BCUT2D eigenvalue weighted by atomic mass is 32.2. The number of halogens is 1. The van der Waals surface area contributed by atoms with Crippen LogP contribution >= 0.6 is 0 Å². The standard InChI is InChI=1S/C22H20FN3O5S/c23-17-4-1-5-18(11-17)26(15-22(27)25-14-16-3-2-8-24-13-16)32(28,29)19-6-7-20-21(12-19)31-10-9-30-20/h1-8,11-13H,9-10,14-15H2,(H,25,27). The van der Waals surface area contributed by atoms with E-state index in [1.165, 1.54) is 36.4 Å². The monoisotopic (exact) mass is 457 g/mol. The maximum absolute atomic E-state index is 13.9. The highest BCUT2D eigenvalue weighted by Crippen LogP contribution is 2.34. The van der Waals surface area contributed by atoms with E-state index in [0.29, 0.717) is 19.0 Å². The Hall–Kier alpha value is -3.66. The molecule has 0 unspecified atom stereocenters. The molecule has 1 aliphatic heterocycles. The summed E-state index contributed by atoms with van der Waals surface area (Å²) in [5.41, 5.74) is 0.782. The van der Waals surface area contributed by atoms with E-state index >= 15 is 0 Å². The zero-order chi connectivity index (χ0) is 22.6. The third-order valence-electron chi connectivity index (χ3n) is 4.70. The van der Waals surface area contributed by atoms with Gasteiger partial charge in [-0.1, -0.05) is 12.1 Å². The summed E-state index contributed by atoms with van der Waals surface area (Å²) in [5.74, 6) is -0.459. The van der Waals surface area contributed by atoms with E-state index in [-0.39, 0.29) is 22.9 Å². The number of sulfonamides is 1.